The monoisotopic (exact) mass is 322 g/mol. The van der Waals surface area contributed by atoms with Crippen LogP contribution in [0.1, 0.15) is 18.1 Å². The lowest BCUT2D eigenvalue weighted by atomic mass is 10.1. The zero-order valence-electron chi connectivity index (χ0n) is 13.5. The minimum Gasteiger partial charge on any atom is -0.366 e. The third kappa shape index (κ3) is 3.87. The summed E-state index contributed by atoms with van der Waals surface area (Å²) in [6.07, 6.45) is 2.60. The first-order chi connectivity index (χ1) is 11.8. The average molecular weight is 322 g/mol. The SMILES string of the molecule is CCc1ccccc1Nc1nccc(NCc2ccccc2F)n1. The molecule has 2 aromatic carbocycles. The molecule has 0 saturated heterocycles. The van der Waals surface area contributed by atoms with Crippen LogP contribution < -0.4 is 10.6 Å². The highest BCUT2D eigenvalue weighted by Crippen LogP contribution is 2.19. The Hall–Kier alpha value is -2.95. The molecule has 24 heavy (non-hydrogen) atoms. The van der Waals surface area contributed by atoms with Gasteiger partial charge in [-0.2, -0.15) is 4.98 Å². The van der Waals surface area contributed by atoms with Crippen LogP contribution in [0.15, 0.2) is 60.8 Å². The summed E-state index contributed by atoms with van der Waals surface area (Å²) in [5.74, 6) is 0.924. The maximum absolute atomic E-state index is 13.7. The maximum atomic E-state index is 13.7. The molecular weight excluding hydrogens is 303 g/mol. The van der Waals surface area contributed by atoms with E-state index in [1.54, 1.807) is 24.4 Å². The number of aromatic nitrogens is 2. The lowest BCUT2D eigenvalue weighted by Gasteiger charge is -2.11. The van der Waals surface area contributed by atoms with Gasteiger partial charge >= 0.3 is 0 Å². The van der Waals surface area contributed by atoms with Gasteiger partial charge in [-0.05, 0) is 30.2 Å². The molecule has 0 saturated carbocycles. The molecule has 4 nitrogen and oxygen atoms in total. The van der Waals surface area contributed by atoms with E-state index < -0.39 is 0 Å². The molecule has 0 amide bonds. The second-order valence-corrected chi connectivity index (χ2v) is 5.35. The Kier molecular flexibility index (Phi) is 5.01. The summed E-state index contributed by atoms with van der Waals surface area (Å²) in [4.78, 5) is 8.68. The first-order valence-corrected chi connectivity index (χ1v) is 7.91. The van der Waals surface area contributed by atoms with E-state index in [2.05, 4.69) is 33.6 Å². The third-order valence-corrected chi connectivity index (χ3v) is 3.72. The summed E-state index contributed by atoms with van der Waals surface area (Å²) in [6.45, 7) is 2.47. The molecule has 0 aliphatic heterocycles. The molecule has 0 unspecified atom stereocenters. The van der Waals surface area contributed by atoms with Crippen molar-refractivity contribution < 1.29 is 4.39 Å². The Labute approximate surface area is 140 Å². The molecule has 1 heterocycles. The summed E-state index contributed by atoms with van der Waals surface area (Å²) in [7, 11) is 0. The Morgan fingerprint density at radius 1 is 0.958 bits per heavy atom. The number of halogens is 1. The number of hydrogen-bond acceptors (Lipinski definition) is 4. The summed E-state index contributed by atoms with van der Waals surface area (Å²) in [5.41, 5.74) is 2.79. The third-order valence-electron chi connectivity index (χ3n) is 3.72. The van der Waals surface area contributed by atoms with Crippen LogP contribution in [0.4, 0.5) is 21.8 Å². The van der Waals surface area contributed by atoms with Crippen molar-refractivity contribution in [3.63, 3.8) is 0 Å². The number of nitrogens with one attached hydrogen (secondary N) is 2. The molecular formula is C19H19FN4. The normalized spacial score (nSPS) is 10.4. The zero-order chi connectivity index (χ0) is 16.8. The molecule has 0 radical (unpaired) electrons. The predicted octanol–water partition coefficient (Wildman–Crippen LogP) is 4.53. The van der Waals surface area contributed by atoms with Gasteiger partial charge in [-0.3, -0.25) is 0 Å². The molecule has 2 N–H and O–H groups in total. The maximum Gasteiger partial charge on any atom is 0.229 e. The van der Waals surface area contributed by atoms with Crippen LogP contribution in [-0.4, -0.2) is 9.97 Å². The molecule has 5 heteroatoms. The van der Waals surface area contributed by atoms with Gasteiger partial charge in [-0.1, -0.05) is 43.3 Å². The summed E-state index contributed by atoms with van der Waals surface area (Å²) in [6, 6.07) is 16.5. The van der Waals surface area contributed by atoms with Gasteiger partial charge in [-0.15, -0.1) is 0 Å². The van der Waals surface area contributed by atoms with Crippen LogP contribution in [0.25, 0.3) is 0 Å². The van der Waals surface area contributed by atoms with Gasteiger partial charge in [0.2, 0.25) is 5.95 Å². The van der Waals surface area contributed by atoms with Crippen molar-refractivity contribution >= 4 is 17.5 Å². The van der Waals surface area contributed by atoms with Gasteiger partial charge in [-0.25, -0.2) is 9.37 Å². The van der Waals surface area contributed by atoms with Gasteiger partial charge in [0.05, 0.1) is 0 Å². The molecule has 0 aliphatic rings. The van der Waals surface area contributed by atoms with Crippen molar-refractivity contribution in [3.8, 4) is 0 Å². The zero-order valence-corrected chi connectivity index (χ0v) is 13.5. The van der Waals surface area contributed by atoms with Crippen molar-refractivity contribution in [2.75, 3.05) is 10.6 Å². The fraction of sp³-hybridized carbons (Fsp3) is 0.158. The fourth-order valence-corrected chi connectivity index (χ4v) is 2.42. The molecule has 122 valence electrons. The predicted molar refractivity (Wildman–Crippen MR) is 94.9 cm³/mol. The topological polar surface area (TPSA) is 49.8 Å². The van der Waals surface area contributed by atoms with Gasteiger partial charge in [0.15, 0.2) is 0 Å². The first-order valence-electron chi connectivity index (χ1n) is 7.91. The van der Waals surface area contributed by atoms with Gasteiger partial charge in [0, 0.05) is 24.0 Å². The van der Waals surface area contributed by atoms with E-state index in [9.17, 15) is 4.39 Å². The molecule has 0 aliphatic carbocycles. The number of aryl methyl sites for hydroxylation is 1. The minimum atomic E-state index is -0.228. The van der Waals surface area contributed by atoms with E-state index >= 15 is 0 Å². The second-order valence-electron chi connectivity index (χ2n) is 5.35. The second kappa shape index (κ2) is 7.55. The van der Waals surface area contributed by atoms with E-state index in [-0.39, 0.29) is 5.82 Å². The highest BCUT2D eigenvalue weighted by molar-refractivity contribution is 5.59. The van der Waals surface area contributed by atoms with E-state index in [1.807, 2.05) is 24.3 Å². The summed E-state index contributed by atoms with van der Waals surface area (Å²) in [5, 5.41) is 6.36. The van der Waals surface area contributed by atoms with Gasteiger partial charge < -0.3 is 10.6 Å². The van der Waals surface area contributed by atoms with Crippen LogP contribution >= 0.6 is 0 Å². The summed E-state index contributed by atoms with van der Waals surface area (Å²) < 4.78 is 13.7. The Morgan fingerprint density at radius 2 is 1.71 bits per heavy atom. The number of para-hydroxylation sites is 1. The van der Waals surface area contributed by atoms with Crippen LogP contribution in [0.5, 0.6) is 0 Å². The minimum absolute atomic E-state index is 0.228. The quantitative estimate of drug-likeness (QED) is 0.700. The van der Waals surface area contributed by atoms with E-state index in [0.29, 0.717) is 23.9 Å². The van der Waals surface area contributed by atoms with Crippen molar-refractivity contribution in [2.24, 2.45) is 0 Å². The lowest BCUT2D eigenvalue weighted by molar-refractivity contribution is 0.613. The highest BCUT2D eigenvalue weighted by atomic mass is 19.1. The van der Waals surface area contributed by atoms with Crippen LogP contribution in [-0.2, 0) is 13.0 Å². The number of hydrogen-bond donors (Lipinski definition) is 2. The van der Waals surface area contributed by atoms with Gasteiger partial charge in [0.1, 0.15) is 11.6 Å². The van der Waals surface area contributed by atoms with Crippen molar-refractivity contribution in [1.82, 2.24) is 9.97 Å². The van der Waals surface area contributed by atoms with Gasteiger partial charge in [0.25, 0.3) is 0 Å². The fourth-order valence-electron chi connectivity index (χ4n) is 2.42. The molecule has 0 atom stereocenters. The molecule has 3 aromatic rings. The molecule has 1 aromatic heterocycles. The summed E-state index contributed by atoms with van der Waals surface area (Å²) >= 11 is 0. The number of benzene rings is 2. The molecule has 0 fully saturated rings. The lowest BCUT2D eigenvalue weighted by Crippen LogP contribution is -2.06. The molecule has 0 spiro atoms. The first kappa shape index (κ1) is 15.9. The van der Waals surface area contributed by atoms with E-state index in [0.717, 1.165) is 12.1 Å². The Morgan fingerprint density at radius 3 is 2.50 bits per heavy atom. The Balaban J connectivity index is 1.71. The van der Waals surface area contributed by atoms with E-state index in [4.69, 9.17) is 0 Å². The van der Waals surface area contributed by atoms with Crippen molar-refractivity contribution in [1.29, 1.82) is 0 Å². The van der Waals surface area contributed by atoms with Crippen LogP contribution in [0.2, 0.25) is 0 Å². The van der Waals surface area contributed by atoms with Crippen molar-refractivity contribution in [2.45, 2.75) is 19.9 Å². The van der Waals surface area contributed by atoms with Crippen molar-refractivity contribution in [3.05, 3.63) is 77.7 Å². The average Bonchev–Trinajstić information content (AvgIpc) is 2.62. The smallest absolute Gasteiger partial charge is 0.229 e. The van der Waals surface area contributed by atoms with Crippen LogP contribution in [0.3, 0.4) is 0 Å². The Bertz CT molecular complexity index is 820. The standard InChI is InChI=1S/C19H19FN4/c1-2-14-7-4-6-10-17(14)23-19-21-12-11-18(24-19)22-13-15-8-3-5-9-16(15)20/h3-12H,2,13H2,1H3,(H2,21,22,23,24). The van der Waals surface area contributed by atoms with Crippen LogP contribution in [0, 0.1) is 5.82 Å². The number of nitrogens with zero attached hydrogens (tertiary/aromatic N) is 2. The number of anilines is 3. The number of rotatable bonds is 6. The largest absolute Gasteiger partial charge is 0.366 e. The molecule has 0 bridgehead atoms. The highest BCUT2D eigenvalue weighted by Gasteiger charge is 2.05. The van der Waals surface area contributed by atoms with E-state index in [1.165, 1.54) is 11.6 Å². The molecule has 3 rings (SSSR count).